The molecule has 1 unspecified atom stereocenters. The first kappa shape index (κ1) is 11.8. The van der Waals surface area contributed by atoms with Gasteiger partial charge in [0.1, 0.15) is 0 Å². The molecule has 1 N–H and O–H groups in total. The molecule has 1 aromatic carbocycles. The predicted molar refractivity (Wildman–Crippen MR) is 73.8 cm³/mol. The maximum atomic E-state index is 5.68. The van der Waals surface area contributed by atoms with Gasteiger partial charge >= 0.3 is 0 Å². The Morgan fingerprint density at radius 1 is 1.39 bits per heavy atom. The number of aromatic nitrogens is 1. The van der Waals surface area contributed by atoms with Crippen molar-refractivity contribution >= 4 is 10.9 Å². The summed E-state index contributed by atoms with van der Waals surface area (Å²) in [7, 11) is 2.11. The largest absolute Gasteiger partial charge is 0.379 e. The molecule has 1 aliphatic rings. The highest BCUT2D eigenvalue weighted by Gasteiger charge is 2.18. The SMILES string of the molecule is Cc1ccc2c(c1)c(C1COCCCN1)cn2C. The molecule has 0 saturated carbocycles. The molecular formula is C15H20N2O. The molecular weight excluding hydrogens is 224 g/mol. The fraction of sp³-hybridized carbons (Fsp3) is 0.467. The molecule has 3 heteroatoms. The Labute approximate surface area is 108 Å². The Balaban J connectivity index is 2.07. The Morgan fingerprint density at radius 2 is 2.28 bits per heavy atom. The Hall–Kier alpha value is -1.32. The summed E-state index contributed by atoms with van der Waals surface area (Å²) in [5, 5.41) is 4.93. The van der Waals surface area contributed by atoms with E-state index in [1.165, 1.54) is 22.0 Å². The van der Waals surface area contributed by atoms with Crippen LogP contribution in [0.25, 0.3) is 10.9 Å². The summed E-state index contributed by atoms with van der Waals surface area (Å²) in [4.78, 5) is 0. The highest BCUT2D eigenvalue weighted by Crippen LogP contribution is 2.27. The number of hydrogen-bond donors (Lipinski definition) is 1. The van der Waals surface area contributed by atoms with E-state index in [0.29, 0.717) is 6.04 Å². The van der Waals surface area contributed by atoms with E-state index >= 15 is 0 Å². The van der Waals surface area contributed by atoms with Crippen molar-refractivity contribution in [2.45, 2.75) is 19.4 Å². The van der Waals surface area contributed by atoms with Gasteiger partial charge in [-0.05, 0) is 37.6 Å². The van der Waals surface area contributed by atoms with Crippen LogP contribution in [-0.4, -0.2) is 24.3 Å². The minimum absolute atomic E-state index is 0.318. The number of nitrogens with one attached hydrogen (secondary N) is 1. The van der Waals surface area contributed by atoms with Crippen LogP contribution in [-0.2, 0) is 11.8 Å². The summed E-state index contributed by atoms with van der Waals surface area (Å²) in [5.41, 5.74) is 3.96. The van der Waals surface area contributed by atoms with E-state index in [0.717, 1.165) is 26.2 Å². The molecule has 3 nitrogen and oxygen atoms in total. The second-order valence-electron chi connectivity index (χ2n) is 5.15. The average molecular weight is 244 g/mol. The van der Waals surface area contributed by atoms with E-state index < -0.39 is 0 Å². The van der Waals surface area contributed by atoms with E-state index in [-0.39, 0.29) is 0 Å². The Morgan fingerprint density at radius 3 is 3.17 bits per heavy atom. The smallest absolute Gasteiger partial charge is 0.0662 e. The number of aryl methyl sites for hydroxylation is 2. The van der Waals surface area contributed by atoms with Gasteiger partial charge in [0, 0.05) is 30.8 Å². The molecule has 1 aromatic heterocycles. The third-order valence-corrected chi connectivity index (χ3v) is 3.69. The van der Waals surface area contributed by atoms with Gasteiger partial charge in [0.2, 0.25) is 0 Å². The Bertz CT molecular complexity index is 551. The quantitative estimate of drug-likeness (QED) is 0.834. The van der Waals surface area contributed by atoms with Crippen molar-refractivity contribution in [2.75, 3.05) is 19.8 Å². The number of benzene rings is 1. The van der Waals surface area contributed by atoms with E-state index in [4.69, 9.17) is 4.74 Å². The van der Waals surface area contributed by atoms with Crippen LogP contribution in [0, 0.1) is 6.92 Å². The standard InChI is InChI=1S/C15H20N2O/c1-11-4-5-15-12(8-11)13(9-17(15)2)14-10-18-7-3-6-16-14/h4-5,8-9,14,16H,3,6-7,10H2,1-2H3. The fourth-order valence-electron chi connectivity index (χ4n) is 2.72. The molecule has 1 fully saturated rings. The second-order valence-corrected chi connectivity index (χ2v) is 5.15. The molecule has 1 atom stereocenters. The van der Waals surface area contributed by atoms with Crippen molar-refractivity contribution in [3.05, 3.63) is 35.5 Å². The van der Waals surface area contributed by atoms with Gasteiger partial charge < -0.3 is 14.6 Å². The summed E-state index contributed by atoms with van der Waals surface area (Å²) in [6.45, 7) is 4.82. The van der Waals surface area contributed by atoms with Crippen molar-refractivity contribution in [3.63, 3.8) is 0 Å². The lowest BCUT2D eigenvalue weighted by atomic mass is 10.0. The van der Waals surface area contributed by atoms with E-state index in [9.17, 15) is 0 Å². The first-order chi connectivity index (χ1) is 8.75. The van der Waals surface area contributed by atoms with Crippen LogP contribution < -0.4 is 5.32 Å². The van der Waals surface area contributed by atoms with Crippen LogP contribution in [0.4, 0.5) is 0 Å². The first-order valence-corrected chi connectivity index (χ1v) is 6.62. The molecule has 0 spiro atoms. The highest BCUT2D eigenvalue weighted by atomic mass is 16.5. The molecule has 3 rings (SSSR count). The summed E-state index contributed by atoms with van der Waals surface area (Å²) in [5.74, 6) is 0. The van der Waals surface area contributed by atoms with Crippen LogP contribution in [0.3, 0.4) is 0 Å². The molecule has 2 aromatic rings. The van der Waals surface area contributed by atoms with Gasteiger partial charge in [-0.2, -0.15) is 0 Å². The minimum Gasteiger partial charge on any atom is -0.379 e. The van der Waals surface area contributed by atoms with Crippen LogP contribution in [0.2, 0.25) is 0 Å². The molecule has 0 bridgehead atoms. The van der Waals surface area contributed by atoms with Gasteiger partial charge in [-0.1, -0.05) is 11.6 Å². The molecule has 0 amide bonds. The lowest BCUT2D eigenvalue weighted by Crippen LogP contribution is -2.23. The van der Waals surface area contributed by atoms with Crippen LogP contribution >= 0.6 is 0 Å². The normalized spacial score (nSPS) is 21.1. The zero-order valence-electron chi connectivity index (χ0n) is 11.1. The fourth-order valence-corrected chi connectivity index (χ4v) is 2.72. The molecule has 0 radical (unpaired) electrons. The van der Waals surface area contributed by atoms with Crippen molar-refractivity contribution in [1.29, 1.82) is 0 Å². The number of fused-ring (bicyclic) bond motifs is 1. The molecule has 1 saturated heterocycles. The zero-order valence-corrected chi connectivity index (χ0v) is 11.1. The van der Waals surface area contributed by atoms with Crippen molar-refractivity contribution in [1.82, 2.24) is 9.88 Å². The number of rotatable bonds is 1. The zero-order chi connectivity index (χ0) is 12.5. The second kappa shape index (κ2) is 4.75. The molecule has 1 aliphatic heterocycles. The van der Waals surface area contributed by atoms with Gasteiger partial charge in [0.25, 0.3) is 0 Å². The molecule has 0 aliphatic carbocycles. The van der Waals surface area contributed by atoms with Gasteiger partial charge in [-0.3, -0.25) is 0 Å². The van der Waals surface area contributed by atoms with Gasteiger partial charge in [-0.25, -0.2) is 0 Å². The van der Waals surface area contributed by atoms with Crippen LogP contribution in [0.1, 0.15) is 23.6 Å². The lowest BCUT2D eigenvalue weighted by molar-refractivity contribution is 0.132. The van der Waals surface area contributed by atoms with Crippen molar-refractivity contribution < 1.29 is 4.74 Å². The molecule has 96 valence electrons. The Kier molecular flexibility index (Phi) is 3.10. The van der Waals surface area contributed by atoms with Gasteiger partial charge in [0.15, 0.2) is 0 Å². The first-order valence-electron chi connectivity index (χ1n) is 6.62. The van der Waals surface area contributed by atoms with E-state index in [2.05, 4.69) is 48.3 Å². The van der Waals surface area contributed by atoms with E-state index in [1.807, 2.05) is 0 Å². The predicted octanol–water partition coefficient (Wildman–Crippen LogP) is 2.54. The highest BCUT2D eigenvalue weighted by molar-refractivity contribution is 5.85. The number of ether oxygens (including phenoxy) is 1. The average Bonchev–Trinajstić information content (AvgIpc) is 2.58. The molecule has 2 heterocycles. The van der Waals surface area contributed by atoms with E-state index in [1.54, 1.807) is 0 Å². The maximum absolute atomic E-state index is 5.68. The van der Waals surface area contributed by atoms with Crippen LogP contribution in [0.15, 0.2) is 24.4 Å². The third kappa shape index (κ3) is 2.04. The maximum Gasteiger partial charge on any atom is 0.0662 e. The summed E-state index contributed by atoms with van der Waals surface area (Å²) < 4.78 is 7.88. The minimum atomic E-state index is 0.318. The summed E-state index contributed by atoms with van der Waals surface area (Å²) in [6.07, 6.45) is 3.33. The molecule has 18 heavy (non-hydrogen) atoms. The third-order valence-electron chi connectivity index (χ3n) is 3.69. The summed E-state index contributed by atoms with van der Waals surface area (Å²) in [6, 6.07) is 6.96. The van der Waals surface area contributed by atoms with Gasteiger partial charge in [0.05, 0.1) is 12.6 Å². The number of nitrogens with zero attached hydrogens (tertiary/aromatic N) is 1. The van der Waals surface area contributed by atoms with Gasteiger partial charge in [-0.15, -0.1) is 0 Å². The van der Waals surface area contributed by atoms with Crippen molar-refractivity contribution in [2.24, 2.45) is 7.05 Å². The van der Waals surface area contributed by atoms with Crippen LogP contribution in [0.5, 0.6) is 0 Å². The number of hydrogen-bond acceptors (Lipinski definition) is 2. The summed E-state index contributed by atoms with van der Waals surface area (Å²) >= 11 is 0. The topological polar surface area (TPSA) is 26.2 Å². The lowest BCUT2D eigenvalue weighted by Gasteiger charge is -2.14. The monoisotopic (exact) mass is 244 g/mol. The van der Waals surface area contributed by atoms with Crippen molar-refractivity contribution in [3.8, 4) is 0 Å².